The Hall–Kier alpha value is -0.120. The number of hydrogen-bond acceptors (Lipinski definition) is 3. The molecule has 1 aliphatic heterocycles. The second-order valence-electron chi connectivity index (χ2n) is 5.85. The summed E-state index contributed by atoms with van der Waals surface area (Å²) in [7, 11) is 1.82. The summed E-state index contributed by atoms with van der Waals surface area (Å²) in [6, 6.07) is 0.769. The van der Waals surface area contributed by atoms with E-state index < -0.39 is 0 Å². The van der Waals surface area contributed by atoms with Gasteiger partial charge in [0.2, 0.25) is 0 Å². The molecule has 0 aromatic rings. The summed E-state index contributed by atoms with van der Waals surface area (Å²) in [6.07, 6.45) is 6.76. The van der Waals surface area contributed by atoms with Crippen molar-refractivity contribution in [1.29, 1.82) is 0 Å². The molecule has 2 aliphatic rings. The minimum Gasteiger partial charge on any atom is -0.385 e. The zero-order valence-electron chi connectivity index (χ0n) is 11.5. The lowest BCUT2D eigenvalue weighted by molar-refractivity contribution is 0.129. The van der Waals surface area contributed by atoms with Gasteiger partial charge in [0, 0.05) is 26.3 Å². The maximum atomic E-state index is 5.23. The minimum absolute atomic E-state index is 0.626. The van der Waals surface area contributed by atoms with E-state index in [1.807, 2.05) is 7.11 Å². The zero-order chi connectivity index (χ0) is 12.1. The Labute approximate surface area is 106 Å². The standard InChI is InChI=1S/C14H28N2O/c1-3-15-13-4-9-16(10-5-13)12-14(6-7-14)8-11-17-2/h13,15H,3-12H2,1-2H3. The fourth-order valence-corrected chi connectivity index (χ4v) is 3.04. The molecule has 1 aliphatic carbocycles. The van der Waals surface area contributed by atoms with Crippen molar-refractivity contribution < 1.29 is 4.74 Å². The van der Waals surface area contributed by atoms with Crippen LogP contribution >= 0.6 is 0 Å². The van der Waals surface area contributed by atoms with Gasteiger partial charge < -0.3 is 15.0 Å². The Kier molecular flexibility index (Phi) is 4.83. The Morgan fingerprint density at radius 2 is 2.00 bits per heavy atom. The second kappa shape index (κ2) is 6.17. The largest absolute Gasteiger partial charge is 0.385 e. The topological polar surface area (TPSA) is 24.5 Å². The van der Waals surface area contributed by atoms with Crippen molar-refractivity contribution in [2.24, 2.45) is 5.41 Å². The van der Waals surface area contributed by atoms with E-state index in [4.69, 9.17) is 4.74 Å². The molecule has 0 atom stereocenters. The molecule has 2 rings (SSSR count). The number of piperidine rings is 1. The van der Waals surface area contributed by atoms with Crippen LogP contribution in [0.5, 0.6) is 0 Å². The predicted molar refractivity (Wildman–Crippen MR) is 71.3 cm³/mol. The molecule has 0 spiro atoms. The molecule has 1 saturated carbocycles. The van der Waals surface area contributed by atoms with E-state index in [0.717, 1.165) is 19.2 Å². The third-order valence-electron chi connectivity index (χ3n) is 4.43. The van der Waals surface area contributed by atoms with Crippen molar-refractivity contribution in [2.75, 3.05) is 39.9 Å². The van der Waals surface area contributed by atoms with Crippen LogP contribution in [-0.2, 0) is 4.74 Å². The Bertz CT molecular complexity index is 220. The van der Waals surface area contributed by atoms with Crippen LogP contribution in [0, 0.1) is 5.41 Å². The molecule has 3 nitrogen and oxygen atoms in total. The summed E-state index contributed by atoms with van der Waals surface area (Å²) >= 11 is 0. The summed E-state index contributed by atoms with van der Waals surface area (Å²) in [4.78, 5) is 2.68. The predicted octanol–water partition coefficient (Wildman–Crippen LogP) is 1.88. The van der Waals surface area contributed by atoms with Crippen LogP contribution in [0.3, 0.4) is 0 Å². The van der Waals surface area contributed by atoms with Crippen LogP contribution in [-0.4, -0.2) is 50.8 Å². The fraction of sp³-hybridized carbons (Fsp3) is 1.00. The van der Waals surface area contributed by atoms with Crippen LogP contribution in [0.1, 0.15) is 39.0 Å². The average Bonchev–Trinajstić information content (AvgIpc) is 3.10. The number of ether oxygens (including phenoxy) is 1. The summed E-state index contributed by atoms with van der Waals surface area (Å²) in [5.74, 6) is 0. The number of nitrogens with zero attached hydrogens (tertiary/aromatic N) is 1. The summed E-state index contributed by atoms with van der Waals surface area (Å²) < 4.78 is 5.23. The molecule has 0 amide bonds. The molecular weight excluding hydrogens is 212 g/mol. The van der Waals surface area contributed by atoms with E-state index in [1.54, 1.807) is 0 Å². The Morgan fingerprint density at radius 1 is 1.29 bits per heavy atom. The first kappa shape index (κ1) is 13.3. The van der Waals surface area contributed by atoms with E-state index in [1.165, 1.54) is 51.7 Å². The lowest BCUT2D eigenvalue weighted by Gasteiger charge is -2.34. The first-order valence-corrected chi connectivity index (χ1v) is 7.23. The first-order valence-electron chi connectivity index (χ1n) is 7.23. The Balaban J connectivity index is 1.67. The molecule has 100 valence electrons. The number of hydrogen-bond donors (Lipinski definition) is 1. The normalized spacial score (nSPS) is 25.1. The van der Waals surface area contributed by atoms with Gasteiger partial charge in [0.1, 0.15) is 0 Å². The molecule has 1 saturated heterocycles. The van der Waals surface area contributed by atoms with Gasteiger partial charge in [-0.3, -0.25) is 0 Å². The minimum atomic E-state index is 0.626. The molecule has 1 heterocycles. The summed E-state index contributed by atoms with van der Waals surface area (Å²) in [6.45, 7) is 8.14. The van der Waals surface area contributed by atoms with Gasteiger partial charge in [-0.05, 0) is 57.2 Å². The molecule has 2 fully saturated rings. The van der Waals surface area contributed by atoms with Crippen molar-refractivity contribution in [1.82, 2.24) is 10.2 Å². The van der Waals surface area contributed by atoms with E-state index >= 15 is 0 Å². The molecular formula is C14H28N2O. The highest BCUT2D eigenvalue weighted by atomic mass is 16.5. The molecule has 0 unspecified atom stereocenters. The van der Waals surface area contributed by atoms with Gasteiger partial charge in [0.25, 0.3) is 0 Å². The van der Waals surface area contributed by atoms with Gasteiger partial charge >= 0.3 is 0 Å². The van der Waals surface area contributed by atoms with E-state index in [2.05, 4.69) is 17.1 Å². The van der Waals surface area contributed by atoms with E-state index in [-0.39, 0.29) is 0 Å². The fourth-order valence-electron chi connectivity index (χ4n) is 3.04. The molecule has 3 heteroatoms. The molecule has 0 aromatic carbocycles. The number of nitrogens with one attached hydrogen (secondary N) is 1. The molecule has 0 radical (unpaired) electrons. The van der Waals surface area contributed by atoms with Gasteiger partial charge in [-0.15, -0.1) is 0 Å². The van der Waals surface area contributed by atoms with Crippen molar-refractivity contribution in [3.63, 3.8) is 0 Å². The van der Waals surface area contributed by atoms with Gasteiger partial charge in [-0.25, -0.2) is 0 Å². The van der Waals surface area contributed by atoms with Crippen LogP contribution in [0.2, 0.25) is 0 Å². The molecule has 0 bridgehead atoms. The number of methoxy groups -OCH3 is 1. The molecule has 0 aromatic heterocycles. The highest BCUT2D eigenvalue weighted by molar-refractivity contribution is 4.96. The number of rotatable bonds is 7. The maximum Gasteiger partial charge on any atom is 0.0468 e. The van der Waals surface area contributed by atoms with E-state index in [9.17, 15) is 0 Å². The van der Waals surface area contributed by atoms with Crippen molar-refractivity contribution >= 4 is 0 Å². The highest BCUT2D eigenvalue weighted by Crippen LogP contribution is 2.49. The van der Waals surface area contributed by atoms with Crippen LogP contribution < -0.4 is 5.32 Å². The van der Waals surface area contributed by atoms with Crippen LogP contribution in [0.4, 0.5) is 0 Å². The van der Waals surface area contributed by atoms with E-state index in [0.29, 0.717) is 5.41 Å². The highest BCUT2D eigenvalue weighted by Gasteiger charge is 2.43. The monoisotopic (exact) mass is 240 g/mol. The van der Waals surface area contributed by atoms with Gasteiger partial charge in [-0.1, -0.05) is 6.92 Å². The molecule has 1 N–H and O–H groups in total. The SMILES string of the molecule is CCNC1CCN(CC2(CCOC)CC2)CC1. The van der Waals surface area contributed by atoms with Crippen molar-refractivity contribution in [3.05, 3.63) is 0 Å². The smallest absolute Gasteiger partial charge is 0.0468 e. The lowest BCUT2D eigenvalue weighted by atomic mass is 9.99. The quantitative estimate of drug-likeness (QED) is 0.735. The summed E-state index contributed by atoms with van der Waals surface area (Å²) in [5.41, 5.74) is 0.626. The second-order valence-corrected chi connectivity index (χ2v) is 5.85. The van der Waals surface area contributed by atoms with Crippen LogP contribution in [0.25, 0.3) is 0 Å². The third-order valence-corrected chi connectivity index (χ3v) is 4.43. The van der Waals surface area contributed by atoms with Crippen LogP contribution in [0.15, 0.2) is 0 Å². The Morgan fingerprint density at radius 3 is 2.53 bits per heavy atom. The molecule has 17 heavy (non-hydrogen) atoms. The summed E-state index contributed by atoms with van der Waals surface area (Å²) in [5, 5.41) is 3.57. The van der Waals surface area contributed by atoms with Gasteiger partial charge in [0.15, 0.2) is 0 Å². The van der Waals surface area contributed by atoms with Gasteiger partial charge in [-0.2, -0.15) is 0 Å². The zero-order valence-corrected chi connectivity index (χ0v) is 11.5. The van der Waals surface area contributed by atoms with Crippen molar-refractivity contribution in [2.45, 2.75) is 45.1 Å². The van der Waals surface area contributed by atoms with Gasteiger partial charge in [0.05, 0.1) is 0 Å². The van der Waals surface area contributed by atoms with Crippen molar-refractivity contribution in [3.8, 4) is 0 Å². The maximum absolute atomic E-state index is 5.23. The third kappa shape index (κ3) is 3.94. The average molecular weight is 240 g/mol. The first-order chi connectivity index (χ1) is 8.28. The number of likely N-dealkylation sites (tertiary alicyclic amines) is 1. The lowest BCUT2D eigenvalue weighted by Crippen LogP contribution is -2.44.